The first-order chi connectivity index (χ1) is 25.4. The van der Waals surface area contributed by atoms with Gasteiger partial charge in [0.25, 0.3) is 5.91 Å². The smallest absolute Gasteiger partial charge is 0.289 e. The van der Waals surface area contributed by atoms with Gasteiger partial charge in [0.05, 0.1) is 18.3 Å². The van der Waals surface area contributed by atoms with Crippen LogP contribution in [0.15, 0.2) is 48.9 Å². The highest BCUT2D eigenvalue weighted by atomic mass is 16.3. The van der Waals surface area contributed by atoms with Gasteiger partial charge in [-0.15, -0.1) is 0 Å². The topological polar surface area (TPSA) is 183 Å². The lowest BCUT2D eigenvalue weighted by Crippen LogP contribution is -2.62. The van der Waals surface area contributed by atoms with E-state index in [1.165, 1.54) is 18.6 Å². The van der Waals surface area contributed by atoms with Crippen molar-refractivity contribution in [3.63, 3.8) is 0 Å². The highest BCUT2D eigenvalue weighted by molar-refractivity contribution is 6.38. The fourth-order valence-electron chi connectivity index (χ4n) is 7.69. The second-order valence-electron chi connectivity index (χ2n) is 16.1. The molecule has 0 bridgehead atoms. The number of nitrogens with one attached hydrogen (secondary N) is 4. The lowest BCUT2D eigenvalue weighted by Gasteiger charge is -2.38. The summed E-state index contributed by atoms with van der Waals surface area (Å²) in [5.74, 6) is -3.03. The lowest BCUT2D eigenvalue weighted by atomic mass is 9.82. The van der Waals surface area contributed by atoms with Crippen LogP contribution in [-0.2, 0) is 30.4 Å². The summed E-state index contributed by atoms with van der Waals surface area (Å²) in [6.07, 6.45) is 11.3. The van der Waals surface area contributed by atoms with E-state index >= 15 is 0 Å². The Morgan fingerprint density at radius 1 is 0.943 bits per heavy atom. The molecule has 3 aliphatic rings. The van der Waals surface area contributed by atoms with Crippen molar-refractivity contribution in [3.8, 4) is 0 Å². The van der Waals surface area contributed by atoms with Gasteiger partial charge in [0, 0.05) is 25.0 Å². The number of hydrogen-bond acceptors (Lipinski definition) is 9. The van der Waals surface area contributed by atoms with Crippen molar-refractivity contribution >= 4 is 29.4 Å². The van der Waals surface area contributed by atoms with Crippen LogP contribution in [0.3, 0.4) is 0 Å². The van der Waals surface area contributed by atoms with Crippen molar-refractivity contribution in [2.24, 2.45) is 17.3 Å². The summed E-state index contributed by atoms with van der Waals surface area (Å²) in [6.45, 7) is 7.77. The Morgan fingerprint density at radius 3 is 2.28 bits per heavy atom. The maximum Gasteiger partial charge on any atom is 0.289 e. The van der Waals surface area contributed by atoms with Crippen LogP contribution < -0.4 is 21.3 Å². The van der Waals surface area contributed by atoms with E-state index in [1.807, 2.05) is 58.0 Å². The standard InChI is InChI=1S/C40H57N7O6/c1-5-12-29(33(48)38(52)43-28-17-18-28)44-37(51)32-27(23-25-13-8-6-9-14-25)19-22-47(32)39(53)34(40(2,3)4)46-36(50)31(26-15-10-7-11-16-26)45-35(49)30-24-41-20-21-42-30/h6,8-9,13-14,20-21,24,26-29,31-32,34-35,45,49H,5,7,10-12,15-19,22-23H2,1-4H3,(H,43,52)(H,44,51)(H,46,50)/t27-,29+,31-,32+,34+,35?/m1/s1. The van der Waals surface area contributed by atoms with Crippen molar-refractivity contribution in [2.75, 3.05) is 6.54 Å². The zero-order valence-corrected chi connectivity index (χ0v) is 31.6. The van der Waals surface area contributed by atoms with E-state index in [0.717, 1.165) is 50.5 Å². The van der Waals surface area contributed by atoms with E-state index in [1.54, 1.807) is 4.90 Å². The SMILES string of the molecule is CCC[C@H](NC(=O)[C@@H]1[C@@H](Cc2ccccc2)CCN1C(=O)[C@H](NC(=O)[C@H](NC(O)c1cnccn1)C1CCCCC1)C(C)(C)C)C(=O)C(=O)NC1CC1. The molecule has 0 spiro atoms. The van der Waals surface area contributed by atoms with Crippen LogP contribution >= 0.6 is 0 Å². The van der Waals surface area contributed by atoms with Gasteiger partial charge in [-0.1, -0.05) is 83.7 Å². The van der Waals surface area contributed by atoms with Crippen molar-refractivity contribution in [2.45, 2.75) is 135 Å². The van der Waals surface area contributed by atoms with Crippen LogP contribution in [0.1, 0.15) is 109 Å². The molecule has 2 heterocycles. The number of hydrogen-bond donors (Lipinski definition) is 5. The van der Waals surface area contributed by atoms with Crippen molar-refractivity contribution < 1.29 is 29.1 Å². The predicted molar refractivity (Wildman–Crippen MR) is 199 cm³/mol. The van der Waals surface area contributed by atoms with Crippen LogP contribution in [0.2, 0.25) is 0 Å². The average molecular weight is 732 g/mol. The third-order valence-corrected chi connectivity index (χ3v) is 10.8. The van der Waals surface area contributed by atoms with Crippen LogP contribution in [0.4, 0.5) is 0 Å². The molecule has 1 aromatic heterocycles. The van der Waals surface area contributed by atoms with Gasteiger partial charge in [0.2, 0.25) is 23.5 Å². The molecule has 5 rings (SSSR count). The molecule has 2 saturated carbocycles. The van der Waals surface area contributed by atoms with Gasteiger partial charge in [0.1, 0.15) is 24.0 Å². The Bertz CT molecular complexity index is 1560. The number of aliphatic hydroxyl groups excluding tert-OH is 1. The lowest BCUT2D eigenvalue weighted by molar-refractivity contribution is -0.146. The fourth-order valence-corrected chi connectivity index (χ4v) is 7.69. The molecule has 5 N–H and O–H groups in total. The van der Waals surface area contributed by atoms with Gasteiger partial charge < -0.3 is 26.0 Å². The van der Waals surface area contributed by atoms with E-state index < -0.39 is 65.2 Å². The zero-order chi connectivity index (χ0) is 38.1. The van der Waals surface area contributed by atoms with Crippen LogP contribution in [0, 0.1) is 17.3 Å². The van der Waals surface area contributed by atoms with Crippen LogP contribution in [0.25, 0.3) is 0 Å². The molecule has 53 heavy (non-hydrogen) atoms. The number of aliphatic hydroxyl groups is 1. The molecule has 0 radical (unpaired) electrons. The molecule has 13 nitrogen and oxygen atoms in total. The Balaban J connectivity index is 1.40. The minimum absolute atomic E-state index is 0.00430. The number of amides is 4. The van der Waals surface area contributed by atoms with Gasteiger partial charge in [-0.2, -0.15) is 0 Å². The number of carbonyl (C=O) groups is 5. The number of aromatic nitrogens is 2. The molecule has 1 unspecified atom stereocenters. The summed E-state index contributed by atoms with van der Waals surface area (Å²) in [6, 6.07) is 5.96. The Labute approximate surface area is 312 Å². The molecule has 2 aromatic rings. The number of ketones is 1. The first kappa shape index (κ1) is 40.0. The second-order valence-corrected chi connectivity index (χ2v) is 16.1. The summed E-state index contributed by atoms with van der Waals surface area (Å²) in [5.41, 5.74) is 0.538. The average Bonchev–Trinajstić information content (AvgIpc) is 3.87. The fraction of sp³-hybridized carbons (Fsp3) is 0.625. The number of rotatable bonds is 16. The Hall–Kier alpha value is -4.23. The highest BCUT2D eigenvalue weighted by Gasteiger charge is 2.47. The highest BCUT2D eigenvalue weighted by Crippen LogP contribution is 2.33. The Morgan fingerprint density at radius 2 is 1.66 bits per heavy atom. The maximum atomic E-state index is 14.8. The molecule has 3 fully saturated rings. The minimum Gasteiger partial charge on any atom is -0.373 e. The van der Waals surface area contributed by atoms with Gasteiger partial charge in [0.15, 0.2) is 0 Å². The molecule has 1 saturated heterocycles. The molecule has 2 aliphatic carbocycles. The molecular weight excluding hydrogens is 674 g/mol. The van der Waals surface area contributed by atoms with Crippen molar-refractivity contribution in [1.29, 1.82) is 0 Å². The largest absolute Gasteiger partial charge is 0.373 e. The normalized spacial score (nSPS) is 21.6. The summed E-state index contributed by atoms with van der Waals surface area (Å²) in [7, 11) is 0. The molecule has 1 aromatic carbocycles. The van der Waals surface area contributed by atoms with Gasteiger partial charge in [-0.3, -0.25) is 39.3 Å². The third kappa shape index (κ3) is 10.7. The molecule has 288 valence electrons. The van der Waals surface area contributed by atoms with Crippen molar-refractivity contribution in [3.05, 3.63) is 60.2 Å². The maximum absolute atomic E-state index is 14.8. The molecule has 4 amide bonds. The summed E-state index contributed by atoms with van der Waals surface area (Å²) < 4.78 is 0. The summed E-state index contributed by atoms with van der Waals surface area (Å²) >= 11 is 0. The van der Waals surface area contributed by atoms with Crippen molar-refractivity contribution in [1.82, 2.24) is 36.1 Å². The third-order valence-electron chi connectivity index (χ3n) is 10.8. The molecule has 1 aliphatic heterocycles. The minimum atomic E-state index is -1.25. The summed E-state index contributed by atoms with van der Waals surface area (Å²) in [4.78, 5) is 79.3. The van der Waals surface area contributed by atoms with Crippen LogP contribution in [-0.4, -0.2) is 86.1 Å². The molecule has 13 heteroatoms. The van der Waals surface area contributed by atoms with Crippen LogP contribution in [0.5, 0.6) is 0 Å². The second kappa shape index (κ2) is 18.2. The Kier molecular flexibility index (Phi) is 13.7. The zero-order valence-electron chi connectivity index (χ0n) is 31.6. The predicted octanol–water partition coefficient (Wildman–Crippen LogP) is 3.13. The number of likely N-dealkylation sites (tertiary alicyclic amines) is 1. The van der Waals surface area contributed by atoms with E-state index in [2.05, 4.69) is 31.2 Å². The van der Waals surface area contributed by atoms with E-state index in [-0.39, 0.29) is 36.5 Å². The van der Waals surface area contributed by atoms with Gasteiger partial charge in [-0.25, -0.2) is 0 Å². The first-order valence-corrected chi connectivity index (χ1v) is 19.4. The summed E-state index contributed by atoms with van der Waals surface area (Å²) in [5, 5.41) is 22.8. The van der Waals surface area contributed by atoms with E-state index in [4.69, 9.17) is 0 Å². The van der Waals surface area contributed by atoms with E-state index in [9.17, 15) is 29.1 Å². The molecular formula is C40H57N7O6. The monoisotopic (exact) mass is 731 g/mol. The number of benzene rings is 1. The number of nitrogens with zero attached hydrogens (tertiary/aromatic N) is 3. The molecule has 6 atom stereocenters. The quantitative estimate of drug-likeness (QED) is 0.128. The van der Waals surface area contributed by atoms with E-state index in [0.29, 0.717) is 19.3 Å². The number of carbonyl (C=O) groups excluding carboxylic acids is 5. The van der Waals surface area contributed by atoms with Gasteiger partial charge >= 0.3 is 0 Å². The van der Waals surface area contributed by atoms with Gasteiger partial charge in [-0.05, 0) is 67.8 Å². The number of Topliss-reactive ketones (excluding diaryl/α,β-unsaturated/α-hetero) is 1. The first-order valence-electron chi connectivity index (χ1n) is 19.4.